The van der Waals surface area contributed by atoms with Gasteiger partial charge in [-0.1, -0.05) is 24.3 Å². The molecule has 6 heteroatoms. The number of hydrogen-bond donors (Lipinski definition) is 1. The molecule has 1 aliphatic heterocycles. The standard InChI is InChI=1S/C16H19N3O3/c1-2-10-17-14(20)9-5-6-11-19-15(21)12-7-3-4-8-13(12)18-16(19)22/h2-4,7-8,12H,1,5-6,9-11H2,(H,17,20). The van der Waals surface area contributed by atoms with Gasteiger partial charge in [0.15, 0.2) is 0 Å². The number of aliphatic imine (C=N–C) groups is 1. The van der Waals surface area contributed by atoms with Crippen LogP contribution >= 0.6 is 0 Å². The van der Waals surface area contributed by atoms with Crippen molar-refractivity contribution >= 4 is 23.6 Å². The minimum atomic E-state index is -0.521. The minimum Gasteiger partial charge on any atom is -0.353 e. The third-order valence-electron chi connectivity index (χ3n) is 3.47. The largest absolute Gasteiger partial charge is 0.353 e. The normalized spacial score (nSPS) is 19.7. The van der Waals surface area contributed by atoms with E-state index in [4.69, 9.17) is 0 Å². The Morgan fingerprint density at radius 3 is 2.95 bits per heavy atom. The first-order valence-corrected chi connectivity index (χ1v) is 7.30. The van der Waals surface area contributed by atoms with Crippen molar-refractivity contribution in [3.63, 3.8) is 0 Å². The fraction of sp³-hybridized carbons (Fsp3) is 0.375. The van der Waals surface area contributed by atoms with Crippen LogP contribution in [0.3, 0.4) is 0 Å². The van der Waals surface area contributed by atoms with Gasteiger partial charge in [-0.25, -0.2) is 4.79 Å². The van der Waals surface area contributed by atoms with Crippen molar-refractivity contribution in [2.75, 3.05) is 13.1 Å². The van der Waals surface area contributed by atoms with E-state index >= 15 is 0 Å². The zero-order valence-electron chi connectivity index (χ0n) is 12.3. The third-order valence-corrected chi connectivity index (χ3v) is 3.47. The Balaban J connectivity index is 1.82. The number of fused-ring (bicyclic) bond motifs is 1. The molecule has 0 bridgehead atoms. The lowest BCUT2D eigenvalue weighted by atomic mass is 9.95. The fourth-order valence-corrected chi connectivity index (χ4v) is 2.32. The van der Waals surface area contributed by atoms with Crippen LogP contribution < -0.4 is 5.32 Å². The first-order valence-electron chi connectivity index (χ1n) is 7.30. The predicted octanol–water partition coefficient (Wildman–Crippen LogP) is 1.60. The van der Waals surface area contributed by atoms with E-state index in [1.165, 1.54) is 4.90 Å². The molecule has 22 heavy (non-hydrogen) atoms. The number of carbonyl (C=O) groups excluding carboxylic acids is 3. The molecule has 2 rings (SSSR count). The van der Waals surface area contributed by atoms with Crippen LogP contribution in [0.2, 0.25) is 0 Å². The Morgan fingerprint density at radius 1 is 1.36 bits per heavy atom. The van der Waals surface area contributed by atoms with Gasteiger partial charge in [-0.05, 0) is 18.9 Å². The van der Waals surface area contributed by atoms with E-state index in [0.717, 1.165) is 0 Å². The molecule has 0 aromatic rings. The van der Waals surface area contributed by atoms with Crippen LogP contribution in [0.15, 0.2) is 42.0 Å². The van der Waals surface area contributed by atoms with E-state index < -0.39 is 11.9 Å². The highest BCUT2D eigenvalue weighted by molar-refractivity contribution is 6.21. The third kappa shape index (κ3) is 3.78. The molecule has 0 aromatic carbocycles. The lowest BCUT2D eigenvalue weighted by molar-refractivity contribution is -0.129. The maximum Gasteiger partial charge on any atom is 0.350 e. The molecule has 0 saturated heterocycles. The van der Waals surface area contributed by atoms with Crippen LogP contribution in [-0.2, 0) is 9.59 Å². The molecule has 4 amide bonds. The molecule has 0 radical (unpaired) electrons. The zero-order valence-corrected chi connectivity index (χ0v) is 12.3. The van der Waals surface area contributed by atoms with E-state index in [-0.39, 0.29) is 18.4 Å². The van der Waals surface area contributed by atoms with Gasteiger partial charge in [0, 0.05) is 19.5 Å². The minimum absolute atomic E-state index is 0.0585. The molecular formula is C16H19N3O3. The first-order chi connectivity index (χ1) is 10.6. The lowest BCUT2D eigenvalue weighted by Gasteiger charge is -2.28. The topological polar surface area (TPSA) is 78.8 Å². The maximum absolute atomic E-state index is 12.3. The maximum atomic E-state index is 12.3. The van der Waals surface area contributed by atoms with E-state index in [0.29, 0.717) is 31.5 Å². The highest BCUT2D eigenvalue weighted by atomic mass is 16.2. The molecule has 1 atom stereocenters. The average Bonchev–Trinajstić information content (AvgIpc) is 2.52. The van der Waals surface area contributed by atoms with Crippen LogP contribution in [0.1, 0.15) is 19.3 Å². The van der Waals surface area contributed by atoms with Gasteiger partial charge in [0.2, 0.25) is 11.8 Å². The molecule has 1 N–H and O–H groups in total. The average molecular weight is 301 g/mol. The van der Waals surface area contributed by atoms with Gasteiger partial charge in [-0.2, -0.15) is 4.99 Å². The van der Waals surface area contributed by atoms with Crippen LogP contribution in [0.4, 0.5) is 4.79 Å². The summed E-state index contributed by atoms with van der Waals surface area (Å²) >= 11 is 0. The van der Waals surface area contributed by atoms with Gasteiger partial charge in [0.25, 0.3) is 0 Å². The number of imide groups is 1. The Labute approximate surface area is 129 Å². The molecule has 0 spiro atoms. The summed E-state index contributed by atoms with van der Waals surface area (Å²) in [5.41, 5.74) is 0.498. The van der Waals surface area contributed by atoms with Crippen molar-refractivity contribution in [3.05, 3.63) is 37.0 Å². The van der Waals surface area contributed by atoms with Crippen LogP contribution in [0, 0.1) is 5.92 Å². The van der Waals surface area contributed by atoms with Crippen molar-refractivity contribution in [1.82, 2.24) is 10.2 Å². The Kier molecular flexibility index (Phi) is 5.41. The summed E-state index contributed by atoms with van der Waals surface area (Å²) in [6.07, 6.45) is 10.1. The highest BCUT2D eigenvalue weighted by Crippen LogP contribution is 2.20. The van der Waals surface area contributed by atoms with Crippen LogP contribution in [-0.4, -0.2) is 41.5 Å². The summed E-state index contributed by atoms with van der Waals surface area (Å²) in [7, 11) is 0. The number of urea groups is 1. The number of nitrogens with one attached hydrogen (secondary N) is 1. The van der Waals surface area contributed by atoms with E-state index in [9.17, 15) is 14.4 Å². The monoisotopic (exact) mass is 301 g/mol. The Hall–Kier alpha value is -2.50. The van der Waals surface area contributed by atoms with E-state index in [1.807, 2.05) is 0 Å². The zero-order chi connectivity index (χ0) is 15.9. The number of rotatable bonds is 7. The summed E-state index contributed by atoms with van der Waals surface area (Å²) in [5.74, 6) is -0.762. The highest BCUT2D eigenvalue weighted by Gasteiger charge is 2.35. The van der Waals surface area contributed by atoms with E-state index in [1.54, 1.807) is 30.4 Å². The predicted molar refractivity (Wildman–Crippen MR) is 83.4 cm³/mol. The number of hydrogen-bond acceptors (Lipinski definition) is 3. The smallest absolute Gasteiger partial charge is 0.350 e. The van der Waals surface area contributed by atoms with Crippen LogP contribution in [0.5, 0.6) is 0 Å². The second-order valence-electron chi connectivity index (χ2n) is 5.08. The molecule has 1 heterocycles. The Morgan fingerprint density at radius 2 is 2.18 bits per heavy atom. The number of nitrogens with zero attached hydrogens (tertiary/aromatic N) is 2. The SMILES string of the molecule is C=CCNC(=O)CCCCN1C(=O)N=C2C=CC=CC2C1=O. The van der Waals surface area contributed by atoms with Crippen LogP contribution in [0.25, 0.3) is 0 Å². The Bertz CT molecular complexity index is 575. The summed E-state index contributed by atoms with van der Waals surface area (Å²) in [4.78, 5) is 40.7. The van der Waals surface area contributed by atoms with Crippen molar-refractivity contribution in [1.29, 1.82) is 0 Å². The molecule has 6 nitrogen and oxygen atoms in total. The van der Waals surface area contributed by atoms with Crippen molar-refractivity contribution in [2.45, 2.75) is 19.3 Å². The summed E-state index contributed by atoms with van der Waals surface area (Å²) < 4.78 is 0. The van der Waals surface area contributed by atoms with Gasteiger partial charge in [0.1, 0.15) is 0 Å². The molecule has 116 valence electrons. The molecule has 1 aliphatic carbocycles. The number of allylic oxidation sites excluding steroid dienone is 3. The second-order valence-corrected chi connectivity index (χ2v) is 5.08. The van der Waals surface area contributed by atoms with Gasteiger partial charge >= 0.3 is 6.03 Å². The van der Waals surface area contributed by atoms with Gasteiger partial charge < -0.3 is 5.32 Å². The number of amides is 4. The second kappa shape index (κ2) is 7.49. The first kappa shape index (κ1) is 15.9. The quantitative estimate of drug-likeness (QED) is 0.573. The van der Waals surface area contributed by atoms with E-state index in [2.05, 4.69) is 16.9 Å². The van der Waals surface area contributed by atoms with Crippen molar-refractivity contribution < 1.29 is 14.4 Å². The van der Waals surface area contributed by atoms with Gasteiger partial charge in [0.05, 0.1) is 11.6 Å². The van der Waals surface area contributed by atoms with Gasteiger partial charge in [-0.3, -0.25) is 14.5 Å². The summed E-state index contributed by atoms with van der Waals surface area (Å²) in [6, 6.07) is -0.521. The summed E-state index contributed by atoms with van der Waals surface area (Å²) in [5, 5.41) is 2.68. The molecule has 1 unspecified atom stereocenters. The van der Waals surface area contributed by atoms with Gasteiger partial charge in [-0.15, -0.1) is 6.58 Å². The molecule has 2 aliphatic rings. The number of carbonyl (C=O) groups is 3. The fourth-order valence-electron chi connectivity index (χ4n) is 2.32. The van der Waals surface area contributed by atoms with Crippen molar-refractivity contribution in [3.8, 4) is 0 Å². The molecule has 0 saturated carbocycles. The molecule has 0 fully saturated rings. The molecular weight excluding hydrogens is 282 g/mol. The molecule has 0 aromatic heterocycles. The van der Waals surface area contributed by atoms with Crippen molar-refractivity contribution in [2.24, 2.45) is 10.9 Å². The summed E-state index contributed by atoms with van der Waals surface area (Å²) in [6.45, 7) is 4.26. The lowest BCUT2D eigenvalue weighted by Crippen LogP contribution is -2.46. The number of unbranched alkanes of at least 4 members (excludes halogenated alkanes) is 1.